The molecular formula is C16H32N4O. The van der Waals surface area contributed by atoms with Gasteiger partial charge in [0.25, 0.3) is 0 Å². The van der Waals surface area contributed by atoms with Gasteiger partial charge in [-0.05, 0) is 44.9 Å². The first-order valence-corrected chi connectivity index (χ1v) is 8.31. The van der Waals surface area contributed by atoms with Gasteiger partial charge in [0.1, 0.15) is 0 Å². The minimum Gasteiger partial charge on any atom is -0.409 e. The van der Waals surface area contributed by atoms with Crippen molar-refractivity contribution in [2.24, 2.45) is 22.7 Å². The molecule has 0 radical (unpaired) electrons. The Balaban J connectivity index is 1.91. The molecule has 5 nitrogen and oxygen atoms in total. The molecule has 5 heteroatoms. The summed E-state index contributed by atoms with van der Waals surface area (Å²) in [4.78, 5) is 4.99. The second kappa shape index (κ2) is 6.53. The van der Waals surface area contributed by atoms with Gasteiger partial charge in [0, 0.05) is 32.2 Å². The van der Waals surface area contributed by atoms with E-state index in [2.05, 4.69) is 28.8 Å². The van der Waals surface area contributed by atoms with E-state index >= 15 is 0 Å². The lowest BCUT2D eigenvalue weighted by Crippen LogP contribution is -2.61. The van der Waals surface area contributed by atoms with E-state index in [0.717, 1.165) is 44.1 Å². The second-order valence-electron chi connectivity index (χ2n) is 7.64. The fraction of sp³-hybridized carbons (Fsp3) is 0.938. The van der Waals surface area contributed by atoms with Crippen LogP contribution < -0.4 is 5.73 Å². The Hall–Kier alpha value is -0.810. The van der Waals surface area contributed by atoms with Crippen LogP contribution in [0.2, 0.25) is 0 Å². The highest BCUT2D eigenvalue weighted by Gasteiger charge is 2.36. The van der Waals surface area contributed by atoms with Crippen molar-refractivity contribution >= 4 is 5.84 Å². The largest absolute Gasteiger partial charge is 0.409 e. The van der Waals surface area contributed by atoms with Gasteiger partial charge in [-0.1, -0.05) is 19.0 Å². The summed E-state index contributed by atoms with van der Waals surface area (Å²) in [6.45, 7) is 13.0. The zero-order chi connectivity index (χ0) is 15.6. The highest BCUT2D eigenvalue weighted by atomic mass is 16.4. The van der Waals surface area contributed by atoms with Crippen LogP contribution in [0.3, 0.4) is 0 Å². The van der Waals surface area contributed by atoms with E-state index in [9.17, 15) is 0 Å². The molecule has 2 atom stereocenters. The van der Waals surface area contributed by atoms with Crippen LogP contribution in [0.1, 0.15) is 47.0 Å². The van der Waals surface area contributed by atoms with Crippen molar-refractivity contribution in [3.63, 3.8) is 0 Å². The normalized spacial score (nSPS) is 34.1. The monoisotopic (exact) mass is 296 g/mol. The van der Waals surface area contributed by atoms with Gasteiger partial charge < -0.3 is 10.9 Å². The van der Waals surface area contributed by atoms with Crippen molar-refractivity contribution in [1.82, 2.24) is 9.80 Å². The number of rotatable bonds is 3. The maximum absolute atomic E-state index is 8.94. The first-order valence-electron chi connectivity index (χ1n) is 8.31. The highest BCUT2D eigenvalue weighted by molar-refractivity contribution is 5.88. The number of nitrogens with two attached hydrogens (primary N) is 1. The molecule has 1 saturated carbocycles. The SMILES string of the molecule is CC1CC(C)CC(N2CCN(C(C)(C)C(N)=NO)CC2)C1. The number of amidine groups is 1. The molecule has 1 heterocycles. The molecule has 0 aromatic rings. The number of oxime groups is 1. The molecule has 0 aromatic carbocycles. The molecule has 0 spiro atoms. The van der Waals surface area contributed by atoms with Crippen molar-refractivity contribution in [1.29, 1.82) is 0 Å². The number of piperazine rings is 1. The lowest BCUT2D eigenvalue weighted by Gasteiger charge is -2.47. The Morgan fingerprint density at radius 3 is 2.05 bits per heavy atom. The zero-order valence-electron chi connectivity index (χ0n) is 14.0. The molecule has 1 saturated heterocycles. The summed E-state index contributed by atoms with van der Waals surface area (Å²) in [7, 11) is 0. The van der Waals surface area contributed by atoms with E-state index in [1.165, 1.54) is 19.3 Å². The van der Waals surface area contributed by atoms with E-state index < -0.39 is 0 Å². The van der Waals surface area contributed by atoms with Gasteiger partial charge in [-0.15, -0.1) is 0 Å². The first kappa shape index (κ1) is 16.6. The van der Waals surface area contributed by atoms with Crippen molar-refractivity contribution < 1.29 is 5.21 Å². The predicted molar refractivity (Wildman–Crippen MR) is 86.6 cm³/mol. The summed E-state index contributed by atoms with van der Waals surface area (Å²) < 4.78 is 0. The van der Waals surface area contributed by atoms with Gasteiger partial charge in [-0.25, -0.2) is 0 Å². The number of nitrogens with zero attached hydrogens (tertiary/aromatic N) is 3. The topological polar surface area (TPSA) is 65.1 Å². The van der Waals surface area contributed by atoms with Gasteiger partial charge in [0.15, 0.2) is 5.84 Å². The summed E-state index contributed by atoms with van der Waals surface area (Å²) in [5.74, 6) is 2.01. The van der Waals surface area contributed by atoms with Gasteiger partial charge in [-0.2, -0.15) is 0 Å². The van der Waals surface area contributed by atoms with Crippen LogP contribution in [0.5, 0.6) is 0 Å². The van der Waals surface area contributed by atoms with E-state index in [1.807, 2.05) is 13.8 Å². The third kappa shape index (κ3) is 3.69. The summed E-state index contributed by atoms with van der Waals surface area (Å²) in [6.07, 6.45) is 4.06. The Bertz CT molecular complexity index is 364. The summed E-state index contributed by atoms with van der Waals surface area (Å²) in [6, 6.07) is 0.748. The number of hydrogen-bond acceptors (Lipinski definition) is 4. The van der Waals surface area contributed by atoms with Crippen LogP contribution in [0.25, 0.3) is 0 Å². The smallest absolute Gasteiger partial charge is 0.159 e. The third-order valence-electron chi connectivity index (χ3n) is 5.51. The van der Waals surface area contributed by atoms with Crippen LogP contribution in [-0.4, -0.2) is 58.6 Å². The molecule has 3 N–H and O–H groups in total. The molecule has 2 aliphatic rings. The summed E-state index contributed by atoms with van der Waals surface area (Å²) in [5, 5.41) is 12.1. The molecule has 2 rings (SSSR count). The van der Waals surface area contributed by atoms with Gasteiger partial charge >= 0.3 is 0 Å². The lowest BCUT2D eigenvalue weighted by atomic mass is 9.79. The first-order chi connectivity index (χ1) is 9.84. The fourth-order valence-corrected chi connectivity index (χ4v) is 4.13. The molecular weight excluding hydrogens is 264 g/mol. The molecule has 1 aliphatic carbocycles. The van der Waals surface area contributed by atoms with Gasteiger partial charge in [-0.3, -0.25) is 9.80 Å². The Morgan fingerprint density at radius 1 is 1.05 bits per heavy atom. The Labute approximate surface area is 129 Å². The molecule has 0 aromatic heterocycles. The molecule has 1 aliphatic heterocycles. The maximum Gasteiger partial charge on any atom is 0.159 e. The van der Waals surface area contributed by atoms with Gasteiger partial charge in [0.05, 0.1) is 5.54 Å². The minimum atomic E-state index is -0.367. The Kier molecular flexibility index (Phi) is 5.15. The Morgan fingerprint density at radius 2 is 1.57 bits per heavy atom. The molecule has 2 fully saturated rings. The second-order valence-corrected chi connectivity index (χ2v) is 7.64. The van der Waals surface area contributed by atoms with Crippen LogP contribution in [0, 0.1) is 11.8 Å². The average Bonchev–Trinajstić information content (AvgIpc) is 2.45. The highest BCUT2D eigenvalue weighted by Crippen LogP contribution is 2.32. The molecule has 0 amide bonds. The van der Waals surface area contributed by atoms with Crippen LogP contribution >= 0.6 is 0 Å². The van der Waals surface area contributed by atoms with E-state index in [0.29, 0.717) is 5.84 Å². The van der Waals surface area contributed by atoms with Crippen molar-refractivity contribution in [2.75, 3.05) is 26.2 Å². The van der Waals surface area contributed by atoms with E-state index in [-0.39, 0.29) is 5.54 Å². The molecule has 2 unspecified atom stereocenters. The van der Waals surface area contributed by atoms with Crippen LogP contribution in [0.4, 0.5) is 0 Å². The minimum absolute atomic E-state index is 0.302. The van der Waals surface area contributed by atoms with E-state index in [4.69, 9.17) is 10.9 Å². The number of hydrogen-bond donors (Lipinski definition) is 2. The lowest BCUT2D eigenvalue weighted by molar-refractivity contribution is 0.0329. The van der Waals surface area contributed by atoms with Crippen LogP contribution in [-0.2, 0) is 0 Å². The molecule has 0 bridgehead atoms. The zero-order valence-corrected chi connectivity index (χ0v) is 14.0. The molecule has 122 valence electrons. The fourth-order valence-electron chi connectivity index (χ4n) is 4.13. The average molecular weight is 296 g/mol. The molecule has 21 heavy (non-hydrogen) atoms. The summed E-state index contributed by atoms with van der Waals surface area (Å²) in [5.41, 5.74) is 5.47. The van der Waals surface area contributed by atoms with Crippen LogP contribution in [0.15, 0.2) is 5.16 Å². The van der Waals surface area contributed by atoms with E-state index in [1.54, 1.807) is 0 Å². The van der Waals surface area contributed by atoms with Crippen molar-refractivity contribution in [2.45, 2.75) is 58.5 Å². The maximum atomic E-state index is 8.94. The third-order valence-corrected chi connectivity index (χ3v) is 5.51. The van der Waals surface area contributed by atoms with Gasteiger partial charge in [0.2, 0.25) is 0 Å². The van der Waals surface area contributed by atoms with Crippen molar-refractivity contribution in [3.05, 3.63) is 0 Å². The quantitative estimate of drug-likeness (QED) is 0.362. The van der Waals surface area contributed by atoms with Crippen molar-refractivity contribution in [3.8, 4) is 0 Å². The standard InChI is InChI=1S/C16H32N4O/c1-12-9-13(2)11-14(10-12)19-5-7-20(8-6-19)16(3,4)15(17)18-21/h12-14,21H,5-11H2,1-4H3,(H2,17,18). The summed E-state index contributed by atoms with van der Waals surface area (Å²) >= 11 is 0. The predicted octanol–water partition coefficient (Wildman–Crippen LogP) is 1.95.